The molecule has 4 aromatic rings. The molecule has 1 N–H and O–H groups in total. The molecule has 4 aromatic carbocycles. The van der Waals surface area contributed by atoms with E-state index in [9.17, 15) is 9.59 Å². The second-order valence-corrected chi connectivity index (χ2v) is 8.67. The van der Waals surface area contributed by atoms with Crippen LogP contribution in [0.15, 0.2) is 88.4 Å². The molecule has 8 heteroatoms. The minimum absolute atomic E-state index is 0.179. The third-order valence-electron chi connectivity index (χ3n) is 5.42. The van der Waals surface area contributed by atoms with E-state index in [0.717, 1.165) is 20.8 Å². The molecule has 0 fully saturated rings. The molecule has 36 heavy (non-hydrogen) atoms. The van der Waals surface area contributed by atoms with Crippen molar-refractivity contribution in [2.24, 2.45) is 5.10 Å². The van der Waals surface area contributed by atoms with Crippen LogP contribution in [0, 0.1) is 0 Å². The summed E-state index contributed by atoms with van der Waals surface area (Å²) in [6.45, 7) is 0. The lowest BCUT2D eigenvalue weighted by Gasteiger charge is -2.11. The summed E-state index contributed by atoms with van der Waals surface area (Å²) in [6, 6.07) is 23.6. The van der Waals surface area contributed by atoms with Crippen LogP contribution in [0.1, 0.15) is 21.5 Å². The summed E-state index contributed by atoms with van der Waals surface area (Å²) in [6.07, 6.45) is 1.61. The van der Waals surface area contributed by atoms with Crippen LogP contribution in [0.3, 0.4) is 0 Å². The van der Waals surface area contributed by atoms with E-state index in [1.807, 2.05) is 42.5 Å². The number of benzene rings is 4. The topological polar surface area (TPSA) is 86.2 Å². The van der Waals surface area contributed by atoms with Gasteiger partial charge in [-0.15, -0.1) is 0 Å². The predicted molar refractivity (Wildman–Crippen MR) is 142 cm³/mol. The molecule has 0 atom stereocenters. The number of hydrazone groups is 1. The van der Waals surface area contributed by atoms with Crippen LogP contribution in [0.2, 0.25) is 0 Å². The monoisotopic (exact) mass is 546 g/mol. The molecule has 1 amide bonds. The molecule has 0 saturated heterocycles. The van der Waals surface area contributed by atoms with Crippen molar-refractivity contribution in [3.63, 3.8) is 0 Å². The molecule has 0 saturated carbocycles. The van der Waals surface area contributed by atoms with Gasteiger partial charge in [0.2, 0.25) is 5.91 Å². The molecule has 0 radical (unpaired) electrons. The number of nitrogens with zero attached hydrogens (tertiary/aromatic N) is 1. The summed E-state index contributed by atoms with van der Waals surface area (Å²) in [5.41, 5.74) is 4.25. The maximum absolute atomic E-state index is 12.8. The van der Waals surface area contributed by atoms with Gasteiger partial charge in [-0.3, -0.25) is 4.79 Å². The van der Waals surface area contributed by atoms with E-state index in [0.29, 0.717) is 22.6 Å². The number of carbonyl (C=O) groups is 2. The second-order valence-electron chi connectivity index (χ2n) is 7.75. The second kappa shape index (κ2) is 11.5. The smallest absolute Gasteiger partial charge is 0.343 e. The maximum Gasteiger partial charge on any atom is 0.343 e. The quantitative estimate of drug-likeness (QED) is 0.136. The molecule has 0 unspecified atom stereocenters. The van der Waals surface area contributed by atoms with E-state index < -0.39 is 5.97 Å². The normalized spacial score (nSPS) is 10.9. The van der Waals surface area contributed by atoms with Gasteiger partial charge in [0.15, 0.2) is 11.5 Å². The Morgan fingerprint density at radius 3 is 2.44 bits per heavy atom. The number of halogens is 1. The number of nitrogens with one attached hydrogen (secondary N) is 1. The molecule has 0 heterocycles. The number of rotatable bonds is 8. The van der Waals surface area contributed by atoms with Gasteiger partial charge in [0.1, 0.15) is 5.75 Å². The number of hydrogen-bond donors (Lipinski definition) is 1. The summed E-state index contributed by atoms with van der Waals surface area (Å²) in [5, 5.41) is 6.17. The number of methoxy groups -OCH3 is 2. The van der Waals surface area contributed by atoms with Crippen LogP contribution < -0.4 is 19.6 Å². The molecule has 182 valence electrons. The van der Waals surface area contributed by atoms with Crippen molar-refractivity contribution < 1.29 is 23.8 Å². The third-order valence-corrected chi connectivity index (χ3v) is 5.91. The van der Waals surface area contributed by atoms with Crippen LogP contribution in [-0.2, 0) is 11.2 Å². The zero-order valence-corrected chi connectivity index (χ0v) is 21.2. The predicted octanol–water partition coefficient (Wildman–Crippen LogP) is 5.53. The van der Waals surface area contributed by atoms with E-state index in [-0.39, 0.29) is 18.1 Å². The van der Waals surface area contributed by atoms with Crippen LogP contribution in [0.25, 0.3) is 10.8 Å². The molecule has 0 spiro atoms. The summed E-state index contributed by atoms with van der Waals surface area (Å²) in [4.78, 5) is 25.3. The van der Waals surface area contributed by atoms with Gasteiger partial charge in [-0.25, -0.2) is 10.2 Å². The van der Waals surface area contributed by atoms with Crippen molar-refractivity contribution in [3.8, 4) is 17.2 Å². The molecule has 4 rings (SSSR count). The van der Waals surface area contributed by atoms with E-state index in [2.05, 4.69) is 26.5 Å². The molecular weight excluding hydrogens is 524 g/mol. The first-order valence-corrected chi connectivity index (χ1v) is 11.8. The minimum Gasteiger partial charge on any atom is -0.493 e. The van der Waals surface area contributed by atoms with Gasteiger partial charge in [-0.2, -0.15) is 5.10 Å². The van der Waals surface area contributed by atoms with E-state index in [1.165, 1.54) is 20.4 Å². The van der Waals surface area contributed by atoms with Gasteiger partial charge >= 0.3 is 5.97 Å². The van der Waals surface area contributed by atoms with Gasteiger partial charge in [0, 0.05) is 10.0 Å². The SMILES string of the molecule is COc1ccc(C(=O)Oc2ccc(Br)cc2/C=N\NC(=O)Cc2cccc3ccccc23)cc1OC. The van der Waals surface area contributed by atoms with Crippen LogP contribution in [-0.4, -0.2) is 32.3 Å². The number of ether oxygens (including phenoxy) is 3. The Balaban J connectivity index is 1.46. The van der Waals surface area contributed by atoms with E-state index in [4.69, 9.17) is 14.2 Å². The third kappa shape index (κ3) is 5.90. The fraction of sp³-hybridized carbons (Fsp3) is 0.107. The summed E-state index contributed by atoms with van der Waals surface area (Å²) < 4.78 is 16.8. The Morgan fingerprint density at radius 2 is 1.64 bits per heavy atom. The highest BCUT2D eigenvalue weighted by Gasteiger charge is 2.15. The summed E-state index contributed by atoms with van der Waals surface area (Å²) in [5.74, 6) is 0.364. The van der Waals surface area contributed by atoms with Gasteiger partial charge in [0.05, 0.1) is 32.4 Å². The van der Waals surface area contributed by atoms with Crippen molar-refractivity contribution in [3.05, 3.63) is 100 Å². The highest BCUT2D eigenvalue weighted by atomic mass is 79.9. The number of hydrogen-bond acceptors (Lipinski definition) is 6. The van der Waals surface area contributed by atoms with Crippen molar-refractivity contribution in [1.29, 1.82) is 0 Å². The first-order valence-electron chi connectivity index (χ1n) is 11.0. The molecule has 7 nitrogen and oxygen atoms in total. The Morgan fingerprint density at radius 1 is 0.889 bits per heavy atom. The number of amides is 1. The molecule has 0 aromatic heterocycles. The Labute approximate surface area is 216 Å². The Hall–Kier alpha value is -4.17. The average molecular weight is 547 g/mol. The first-order chi connectivity index (χ1) is 17.5. The van der Waals surface area contributed by atoms with Crippen LogP contribution in [0.5, 0.6) is 17.2 Å². The molecular formula is C28H23BrN2O5. The zero-order chi connectivity index (χ0) is 25.5. The highest BCUT2D eigenvalue weighted by Crippen LogP contribution is 2.29. The minimum atomic E-state index is -0.576. The van der Waals surface area contributed by atoms with Crippen LogP contribution in [0.4, 0.5) is 0 Å². The van der Waals surface area contributed by atoms with Gasteiger partial charge in [-0.05, 0) is 52.7 Å². The number of fused-ring (bicyclic) bond motifs is 1. The molecule has 0 aliphatic carbocycles. The van der Waals surface area contributed by atoms with Gasteiger partial charge in [0.25, 0.3) is 0 Å². The van der Waals surface area contributed by atoms with E-state index in [1.54, 1.807) is 36.4 Å². The fourth-order valence-corrected chi connectivity index (χ4v) is 4.05. The Kier molecular flexibility index (Phi) is 7.97. The van der Waals surface area contributed by atoms with Crippen molar-refractivity contribution in [1.82, 2.24) is 5.43 Å². The standard InChI is InChI=1S/C28H23BrN2O5/c1-34-25-12-10-20(15-26(25)35-2)28(33)36-24-13-11-22(29)14-21(24)17-30-31-27(32)16-19-8-5-7-18-6-3-4-9-23(18)19/h3-15,17H,16H2,1-2H3,(H,31,32)/b30-17-. The fourth-order valence-electron chi connectivity index (χ4n) is 3.67. The summed E-state index contributed by atoms with van der Waals surface area (Å²) in [7, 11) is 3.01. The molecule has 0 aliphatic rings. The highest BCUT2D eigenvalue weighted by molar-refractivity contribution is 9.10. The maximum atomic E-state index is 12.8. The lowest BCUT2D eigenvalue weighted by molar-refractivity contribution is -0.120. The molecule has 0 aliphatic heterocycles. The van der Waals surface area contributed by atoms with Crippen molar-refractivity contribution in [2.45, 2.75) is 6.42 Å². The molecule has 0 bridgehead atoms. The average Bonchev–Trinajstić information content (AvgIpc) is 2.89. The number of esters is 1. The van der Waals surface area contributed by atoms with Gasteiger partial charge < -0.3 is 14.2 Å². The Bertz CT molecular complexity index is 1450. The lowest BCUT2D eigenvalue weighted by Crippen LogP contribution is -2.20. The van der Waals surface area contributed by atoms with Gasteiger partial charge in [-0.1, -0.05) is 58.4 Å². The van der Waals surface area contributed by atoms with E-state index >= 15 is 0 Å². The van der Waals surface area contributed by atoms with Crippen LogP contribution >= 0.6 is 15.9 Å². The lowest BCUT2D eigenvalue weighted by atomic mass is 10.0. The first kappa shape index (κ1) is 24.9. The largest absolute Gasteiger partial charge is 0.493 e. The summed E-state index contributed by atoms with van der Waals surface area (Å²) >= 11 is 3.41. The number of carbonyl (C=O) groups excluding carboxylic acids is 2. The zero-order valence-electron chi connectivity index (χ0n) is 19.7. The van der Waals surface area contributed by atoms with Crippen molar-refractivity contribution in [2.75, 3.05) is 14.2 Å². The van der Waals surface area contributed by atoms with Crippen molar-refractivity contribution >= 4 is 44.8 Å².